The molecule has 1 saturated heterocycles. The van der Waals surface area contributed by atoms with E-state index in [9.17, 15) is 4.79 Å². The fourth-order valence-corrected chi connectivity index (χ4v) is 5.80. The van der Waals surface area contributed by atoms with E-state index in [1.165, 1.54) is 10.0 Å². The van der Waals surface area contributed by atoms with Gasteiger partial charge in [-0.05, 0) is 12.1 Å². The molecule has 0 bridgehead atoms. The summed E-state index contributed by atoms with van der Waals surface area (Å²) in [7, 11) is 1.63. The second-order valence-corrected chi connectivity index (χ2v) is 11.0. The van der Waals surface area contributed by atoms with Gasteiger partial charge in [-0.2, -0.15) is 0 Å². The van der Waals surface area contributed by atoms with Crippen LogP contribution in [0.3, 0.4) is 0 Å². The summed E-state index contributed by atoms with van der Waals surface area (Å²) in [5.41, 5.74) is 4.78. The second kappa shape index (κ2) is 12.0. The standard InChI is InChI=1S/C29H28AsN4O3/c1-36-26-12-2-21(3-13-26)20-28(35)32-24-8-4-22(5-9-24)27-14-15-31-29(33-27)30-23-6-10-25(11-7-23)34-16-18-37-19-17-34/h2-15H,16-20H2,1H3,(H,32,35). The van der Waals surface area contributed by atoms with Crippen molar-refractivity contribution in [3.8, 4) is 17.0 Å². The zero-order valence-corrected chi connectivity index (χ0v) is 22.5. The molecule has 8 heteroatoms. The van der Waals surface area contributed by atoms with Crippen LogP contribution in [0.4, 0.5) is 11.4 Å². The smallest absolute Gasteiger partial charge is 0.0197 e. The van der Waals surface area contributed by atoms with E-state index in [0.29, 0.717) is 6.42 Å². The summed E-state index contributed by atoms with van der Waals surface area (Å²) in [6, 6.07) is 25.9. The Labute approximate surface area is 223 Å². The summed E-state index contributed by atoms with van der Waals surface area (Å²) in [5.74, 6) is 0.710. The van der Waals surface area contributed by atoms with Crippen LogP contribution < -0.4 is 23.9 Å². The quantitative estimate of drug-likeness (QED) is 0.337. The molecule has 2 heterocycles. The molecular formula is C29H28AsN4O3. The first-order chi connectivity index (χ1) is 18.2. The Kier molecular flexibility index (Phi) is 8.14. The molecule has 0 spiro atoms. The number of benzene rings is 3. The topological polar surface area (TPSA) is 76.6 Å². The van der Waals surface area contributed by atoms with Crippen molar-refractivity contribution < 1.29 is 14.3 Å². The van der Waals surface area contributed by atoms with Crippen LogP contribution >= 0.6 is 0 Å². The third-order valence-corrected chi connectivity index (χ3v) is 8.12. The van der Waals surface area contributed by atoms with Gasteiger partial charge < -0.3 is 4.74 Å². The molecule has 0 atom stereocenters. The Bertz CT molecular complexity index is 1320. The average Bonchev–Trinajstić information content (AvgIpc) is 2.95. The van der Waals surface area contributed by atoms with E-state index >= 15 is 0 Å². The number of hydrogen-bond acceptors (Lipinski definition) is 6. The number of nitrogens with one attached hydrogen (secondary N) is 1. The molecule has 4 aromatic rings. The first kappa shape index (κ1) is 25.0. The predicted molar refractivity (Wildman–Crippen MR) is 147 cm³/mol. The summed E-state index contributed by atoms with van der Waals surface area (Å²) in [6.45, 7) is 3.43. The van der Waals surface area contributed by atoms with Crippen molar-refractivity contribution in [2.24, 2.45) is 0 Å². The van der Waals surface area contributed by atoms with Crippen molar-refractivity contribution in [1.29, 1.82) is 0 Å². The molecule has 37 heavy (non-hydrogen) atoms. The molecule has 1 aliphatic heterocycles. The minimum absolute atomic E-state index is 0.0640. The number of rotatable bonds is 8. The molecule has 1 aromatic heterocycles. The summed E-state index contributed by atoms with van der Waals surface area (Å²) in [6.07, 6.45) is 2.12. The summed E-state index contributed by atoms with van der Waals surface area (Å²) >= 11 is -0.318. The zero-order valence-electron chi connectivity index (χ0n) is 20.6. The van der Waals surface area contributed by atoms with E-state index in [-0.39, 0.29) is 21.7 Å². The molecule has 0 unspecified atom stereocenters. The van der Waals surface area contributed by atoms with E-state index in [1.54, 1.807) is 7.11 Å². The van der Waals surface area contributed by atoms with Crippen molar-refractivity contribution in [3.63, 3.8) is 0 Å². The van der Waals surface area contributed by atoms with Gasteiger partial charge in [-0.1, -0.05) is 0 Å². The molecule has 5 rings (SSSR count). The number of aromatic nitrogens is 2. The molecule has 1 fully saturated rings. The summed E-state index contributed by atoms with van der Waals surface area (Å²) in [5, 5.41) is 2.96. The van der Waals surface area contributed by atoms with Crippen LogP contribution in [-0.4, -0.2) is 65.0 Å². The molecule has 1 N–H and O–H groups in total. The number of amides is 1. The molecule has 187 valence electrons. The first-order valence-corrected chi connectivity index (χ1v) is 14.0. The van der Waals surface area contributed by atoms with Crippen molar-refractivity contribution in [1.82, 2.24) is 9.97 Å². The van der Waals surface area contributed by atoms with Gasteiger partial charge in [-0.3, -0.25) is 0 Å². The van der Waals surface area contributed by atoms with Crippen LogP contribution in [0.1, 0.15) is 5.56 Å². The molecule has 7 nitrogen and oxygen atoms in total. The first-order valence-electron chi connectivity index (χ1n) is 12.2. The van der Waals surface area contributed by atoms with Crippen molar-refractivity contribution in [2.45, 2.75) is 6.42 Å². The van der Waals surface area contributed by atoms with Gasteiger partial charge in [0, 0.05) is 0 Å². The van der Waals surface area contributed by atoms with Crippen molar-refractivity contribution in [2.75, 3.05) is 43.6 Å². The maximum atomic E-state index is 12.5. The fourth-order valence-electron chi connectivity index (χ4n) is 4.10. The van der Waals surface area contributed by atoms with Crippen molar-refractivity contribution >= 4 is 42.0 Å². The predicted octanol–water partition coefficient (Wildman–Crippen LogP) is 2.83. The van der Waals surface area contributed by atoms with Crippen LogP contribution in [0, 0.1) is 0 Å². The molecule has 1 radical (unpaired) electrons. The summed E-state index contributed by atoms with van der Waals surface area (Å²) < 4.78 is 12.7. The minimum Gasteiger partial charge on any atom is -0.0197 e. The van der Waals surface area contributed by atoms with E-state index in [1.807, 2.05) is 60.8 Å². The Hall–Kier alpha value is -3.67. The molecule has 3 aromatic carbocycles. The second-order valence-electron chi connectivity index (χ2n) is 8.62. The van der Waals surface area contributed by atoms with E-state index in [2.05, 4.69) is 39.5 Å². The van der Waals surface area contributed by atoms with Gasteiger partial charge in [0.1, 0.15) is 5.75 Å². The van der Waals surface area contributed by atoms with Crippen molar-refractivity contribution in [3.05, 3.63) is 90.6 Å². The third kappa shape index (κ3) is 6.76. The van der Waals surface area contributed by atoms with Crippen LogP contribution in [0.25, 0.3) is 11.3 Å². The van der Waals surface area contributed by atoms with Crippen LogP contribution in [0.2, 0.25) is 0 Å². The number of carbonyl (C=O) groups is 1. The Morgan fingerprint density at radius 2 is 1.70 bits per heavy atom. The monoisotopic (exact) mass is 555 g/mol. The molecular weight excluding hydrogens is 527 g/mol. The summed E-state index contributed by atoms with van der Waals surface area (Å²) in [4.78, 5) is 24.1. The van der Waals surface area contributed by atoms with Crippen LogP contribution in [0.15, 0.2) is 85.1 Å². The zero-order chi connectivity index (χ0) is 25.5. The Balaban J connectivity index is 1.19. The molecule has 0 saturated carbocycles. The van der Waals surface area contributed by atoms with Crippen LogP contribution in [0.5, 0.6) is 5.75 Å². The van der Waals surface area contributed by atoms with Gasteiger partial charge >= 0.3 is 194 Å². The number of ether oxygens (including phenoxy) is 2. The number of methoxy groups -OCH3 is 1. The molecule has 0 aliphatic carbocycles. The number of anilines is 2. The van der Waals surface area contributed by atoms with Crippen LogP contribution in [-0.2, 0) is 16.0 Å². The SMILES string of the molecule is COc1ccc(CC(=O)Nc2ccc(-c3ccnc([As]c4ccc(N5CCOCC5)cc4)n3)cc2)cc1. The Morgan fingerprint density at radius 1 is 0.973 bits per heavy atom. The van der Waals surface area contributed by atoms with E-state index < -0.39 is 0 Å². The van der Waals surface area contributed by atoms with Gasteiger partial charge in [-0.15, -0.1) is 0 Å². The van der Waals surface area contributed by atoms with E-state index in [4.69, 9.17) is 14.5 Å². The van der Waals surface area contributed by atoms with Gasteiger partial charge in [0.05, 0.1) is 7.11 Å². The van der Waals surface area contributed by atoms with Gasteiger partial charge in [0.15, 0.2) is 0 Å². The van der Waals surface area contributed by atoms with Gasteiger partial charge in [-0.25, -0.2) is 0 Å². The van der Waals surface area contributed by atoms with Gasteiger partial charge in [0.25, 0.3) is 0 Å². The average molecular weight is 555 g/mol. The number of carbonyl (C=O) groups excluding carboxylic acids is 1. The Morgan fingerprint density at radius 3 is 2.41 bits per heavy atom. The third-order valence-electron chi connectivity index (χ3n) is 6.09. The minimum atomic E-state index is -0.318. The number of hydrogen-bond donors (Lipinski definition) is 1. The fraction of sp³-hybridized carbons (Fsp3) is 0.207. The number of nitrogens with zero attached hydrogens (tertiary/aromatic N) is 3. The van der Waals surface area contributed by atoms with E-state index in [0.717, 1.165) is 59.2 Å². The maximum absolute atomic E-state index is 12.5. The molecule has 1 amide bonds. The normalized spacial score (nSPS) is 13.6. The molecule has 1 aliphatic rings. The number of morpholine rings is 1. The van der Waals surface area contributed by atoms with Gasteiger partial charge in [0.2, 0.25) is 0 Å².